The average molecular weight is 577 g/mol. The van der Waals surface area contributed by atoms with Crippen LogP contribution in [0.5, 0.6) is 46.0 Å². The normalized spacial score (nSPS) is 31.7. The molecule has 4 aliphatic heterocycles. The molecule has 4 heterocycles. The summed E-state index contributed by atoms with van der Waals surface area (Å²) in [6.45, 7) is 0. The Hall–Kier alpha value is -4.65. The van der Waals surface area contributed by atoms with E-state index < -0.39 is 47.3 Å². The monoisotopic (exact) mass is 576 g/mol. The van der Waals surface area contributed by atoms with Gasteiger partial charge in [0.1, 0.15) is 46.7 Å². The minimum Gasteiger partial charge on any atom is -0.508 e. The van der Waals surface area contributed by atoms with E-state index in [-0.39, 0.29) is 65.1 Å². The standard InChI is InChI=1S/C30H24O12/c31-12-4-17(33)13-7-23-28(39-21(13)5-12)29-10-30(38,42-23)24(37)8-15(29)25-22(41-29)9-18(34)14-6-20(36)26(40-27(14)25)11-1-2-16(32)19(35)3-11/h1-5,8-9,20,23,26,28,31-36,38H,6-7,10H2/t20-,23?,26-,28?,29-,30-/m1/s1. The number of benzene rings is 3. The van der Waals surface area contributed by atoms with E-state index in [1.54, 1.807) is 0 Å². The summed E-state index contributed by atoms with van der Waals surface area (Å²) < 4.78 is 24.9. The van der Waals surface area contributed by atoms with E-state index in [1.807, 2.05) is 0 Å². The second-order valence-electron chi connectivity index (χ2n) is 11.4. The van der Waals surface area contributed by atoms with Crippen LogP contribution in [0.2, 0.25) is 0 Å². The number of fused-ring (bicyclic) bond motifs is 7. The molecule has 3 aromatic rings. The van der Waals surface area contributed by atoms with Crippen molar-refractivity contribution in [2.45, 2.75) is 55.1 Å². The van der Waals surface area contributed by atoms with Gasteiger partial charge in [-0.25, -0.2) is 0 Å². The number of aliphatic hydroxyl groups excluding tert-OH is 1. The zero-order valence-corrected chi connectivity index (χ0v) is 21.6. The van der Waals surface area contributed by atoms with Crippen molar-refractivity contribution < 1.29 is 59.5 Å². The van der Waals surface area contributed by atoms with E-state index in [9.17, 15) is 40.5 Å². The number of rotatable bonds is 1. The molecular formula is C30H24O12. The van der Waals surface area contributed by atoms with E-state index in [1.165, 1.54) is 36.4 Å². The number of aromatic hydroxyl groups is 5. The van der Waals surface area contributed by atoms with Crippen LogP contribution in [0.1, 0.15) is 34.8 Å². The third kappa shape index (κ3) is 3.19. The summed E-state index contributed by atoms with van der Waals surface area (Å²) in [5, 5.41) is 73.6. The third-order valence-corrected chi connectivity index (χ3v) is 8.81. The fourth-order valence-electron chi connectivity index (χ4n) is 6.94. The van der Waals surface area contributed by atoms with Crippen LogP contribution in [0.15, 0.2) is 42.5 Å². The Morgan fingerprint density at radius 1 is 0.833 bits per heavy atom. The van der Waals surface area contributed by atoms with Crippen LogP contribution in [-0.4, -0.2) is 71.2 Å². The number of hydrogen-bond acceptors (Lipinski definition) is 12. The number of phenols is 5. The Morgan fingerprint density at radius 3 is 2.40 bits per heavy atom. The predicted octanol–water partition coefficient (Wildman–Crippen LogP) is 1.83. The summed E-state index contributed by atoms with van der Waals surface area (Å²) in [5.74, 6) is -3.95. The van der Waals surface area contributed by atoms with Gasteiger partial charge < -0.3 is 54.7 Å². The van der Waals surface area contributed by atoms with E-state index in [0.717, 1.165) is 6.07 Å². The van der Waals surface area contributed by atoms with Gasteiger partial charge in [-0.3, -0.25) is 4.79 Å². The van der Waals surface area contributed by atoms with Gasteiger partial charge in [0.2, 0.25) is 11.6 Å². The average Bonchev–Trinajstić information content (AvgIpc) is 3.22. The molecule has 0 saturated carbocycles. The number of ketones is 1. The third-order valence-electron chi connectivity index (χ3n) is 8.81. The molecule has 0 amide bonds. The first kappa shape index (κ1) is 25.1. The fourth-order valence-corrected chi connectivity index (χ4v) is 6.94. The summed E-state index contributed by atoms with van der Waals surface area (Å²) in [4.78, 5) is 13.3. The summed E-state index contributed by atoms with van der Waals surface area (Å²) in [6, 6.07) is 7.87. The SMILES string of the molecule is O=C1C=C2c3c(cc(O)c4c3O[C@H](c3ccc(O)c(O)c3)[C@H](O)C4)O[C@]23C[C@@]1(O)OC1Cc2c(O)cc(O)cc2OC13. The molecule has 1 aliphatic carbocycles. The van der Waals surface area contributed by atoms with Gasteiger partial charge in [0.15, 0.2) is 23.2 Å². The Bertz CT molecular complexity index is 1760. The zero-order valence-electron chi connectivity index (χ0n) is 21.6. The number of phenolic OH excluding ortho intramolecular Hbond substituents is 5. The van der Waals surface area contributed by atoms with Crippen LogP contribution in [0.3, 0.4) is 0 Å². The second kappa shape index (κ2) is 8.00. The summed E-state index contributed by atoms with van der Waals surface area (Å²) in [7, 11) is 0. The molecule has 2 unspecified atom stereocenters. The summed E-state index contributed by atoms with van der Waals surface area (Å²) in [5.41, 5.74) is 0.0962. The molecule has 7 N–H and O–H groups in total. The smallest absolute Gasteiger partial charge is 0.235 e. The Morgan fingerprint density at radius 2 is 1.62 bits per heavy atom. The lowest BCUT2D eigenvalue weighted by Crippen LogP contribution is -2.70. The first-order valence-corrected chi connectivity index (χ1v) is 13.3. The van der Waals surface area contributed by atoms with Gasteiger partial charge >= 0.3 is 0 Å². The van der Waals surface area contributed by atoms with Gasteiger partial charge in [-0.05, 0) is 23.8 Å². The molecule has 12 heteroatoms. The highest BCUT2D eigenvalue weighted by Crippen LogP contribution is 2.62. The van der Waals surface area contributed by atoms with Crippen LogP contribution in [0, 0.1) is 0 Å². The van der Waals surface area contributed by atoms with Crippen molar-refractivity contribution in [2.24, 2.45) is 0 Å². The van der Waals surface area contributed by atoms with E-state index >= 15 is 0 Å². The quantitative estimate of drug-likeness (QED) is 0.208. The molecule has 0 radical (unpaired) electrons. The molecule has 1 saturated heterocycles. The maximum atomic E-state index is 13.3. The highest BCUT2D eigenvalue weighted by molar-refractivity contribution is 6.08. The second-order valence-corrected chi connectivity index (χ2v) is 11.4. The molecule has 3 aromatic carbocycles. The van der Waals surface area contributed by atoms with Gasteiger partial charge in [-0.15, -0.1) is 0 Å². The number of hydrogen-bond donors (Lipinski definition) is 7. The van der Waals surface area contributed by atoms with Crippen LogP contribution in [0.25, 0.3) is 5.57 Å². The van der Waals surface area contributed by atoms with Crippen LogP contribution in [-0.2, 0) is 22.4 Å². The molecule has 6 atom stereocenters. The molecule has 12 nitrogen and oxygen atoms in total. The van der Waals surface area contributed by atoms with Gasteiger partial charge in [-0.2, -0.15) is 0 Å². The highest BCUT2D eigenvalue weighted by atomic mass is 16.7. The highest BCUT2D eigenvalue weighted by Gasteiger charge is 2.69. The lowest BCUT2D eigenvalue weighted by atomic mass is 9.69. The van der Waals surface area contributed by atoms with Crippen LogP contribution < -0.4 is 14.2 Å². The number of ether oxygens (including phenoxy) is 4. The van der Waals surface area contributed by atoms with Gasteiger partial charge in [0.05, 0.1) is 18.1 Å². The first-order valence-electron chi connectivity index (χ1n) is 13.3. The van der Waals surface area contributed by atoms with Crippen molar-refractivity contribution >= 4 is 11.4 Å². The van der Waals surface area contributed by atoms with Crippen molar-refractivity contribution in [1.29, 1.82) is 0 Å². The lowest BCUT2D eigenvalue weighted by molar-refractivity contribution is -0.290. The molecule has 42 heavy (non-hydrogen) atoms. The van der Waals surface area contributed by atoms with Crippen molar-refractivity contribution in [3.63, 3.8) is 0 Å². The lowest BCUT2D eigenvalue weighted by Gasteiger charge is -2.53. The van der Waals surface area contributed by atoms with Gasteiger partial charge in [0, 0.05) is 47.7 Å². The van der Waals surface area contributed by atoms with Crippen molar-refractivity contribution in [2.75, 3.05) is 0 Å². The van der Waals surface area contributed by atoms with Crippen LogP contribution in [0.4, 0.5) is 0 Å². The Balaban J connectivity index is 1.28. The zero-order chi connectivity index (χ0) is 29.3. The van der Waals surface area contributed by atoms with E-state index in [0.29, 0.717) is 22.3 Å². The topological polar surface area (TPSA) is 196 Å². The summed E-state index contributed by atoms with van der Waals surface area (Å²) in [6.07, 6.45) is -3.23. The number of carbonyl (C=O) groups excluding carboxylic acids is 1. The van der Waals surface area contributed by atoms with E-state index in [2.05, 4.69) is 0 Å². The molecule has 1 fully saturated rings. The molecule has 216 valence electrons. The molecule has 2 bridgehead atoms. The Labute approximate surface area is 236 Å². The van der Waals surface area contributed by atoms with Gasteiger partial charge in [0.25, 0.3) is 0 Å². The molecule has 1 spiro atoms. The number of carbonyl (C=O) groups is 1. The molecular weight excluding hydrogens is 552 g/mol. The van der Waals surface area contributed by atoms with Crippen molar-refractivity contribution in [3.05, 3.63) is 64.7 Å². The first-order chi connectivity index (χ1) is 20.0. The maximum Gasteiger partial charge on any atom is 0.235 e. The predicted molar refractivity (Wildman–Crippen MR) is 140 cm³/mol. The van der Waals surface area contributed by atoms with Crippen molar-refractivity contribution in [3.8, 4) is 46.0 Å². The van der Waals surface area contributed by atoms with Crippen molar-refractivity contribution in [1.82, 2.24) is 0 Å². The molecule has 8 rings (SSSR count). The molecule has 0 aromatic heterocycles. The summed E-state index contributed by atoms with van der Waals surface area (Å²) >= 11 is 0. The van der Waals surface area contributed by atoms with Gasteiger partial charge in [-0.1, -0.05) is 6.07 Å². The van der Waals surface area contributed by atoms with Crippen LogP contribution >= 0.6 is 0 Å². The fraction of sp³-hybridized carbons (Fsp3) is 0.300. The number of aliphatic hydroxyl groups is 2. The Kier molecular flexibility index (Phi) is 4.78. The maximum absolute atomic E-state index is 13.3. The molecule has 5 aliphatic rings. The minimum absolute atomic E-state index is 0.0366. The largest absolute Gasteiger partial charge is 0.508 e. The van der Waals surface area contributed by atoms with E-state index in [4.69, 9.17) is 18.9 Å². The minimum atomic E-state index is -2.26.